The summed E-state index contributed by atoms with van der Waals surface area (Å²) in [7, 11) is -0.524. The third-order valence-electron chi connectivity index (χ3n) is 6.04. The first-order valence-corrected chi connectivity index (χ1v) is 13.9. The van der Waals surface area contributed by atoms with Gasteiger partial charge in [-0.15, -0.1) is 0 Å². The summed E-state index contributed by atoms with van der Waals surface area (Å²) in [6.07, 6.45) is 2.78. The Morgan fingerprint density at radius 1 is 1.00 bits per heavy atom. The number of rotatable bonds is 15. The molecule has 0 radical (unpaired) electrons. The number of benzene rings is 2. The third-order valence-corrected chi connectivity index (χ3v) is 7.91. The molecule has 0 unspecified atom stereocenters. The predicted octanol–water partition coefficient (Wildman–Crippen LogP) is 3.82. The number of sulfonamides is 1. The predicted molar refractivity (Wildman–Crippen MR) is 141 cm³/mol. The van der Waals surface area contributed by atoms with Crippen LogP contribution in [0.25, 0.3) is 0 Å². The zero-order valence-corrected chi connectivity index (χ0v) is 22.6. The Morgan fingerprint density at radius 2 is 1.67 bits per heavy atom. The summed E-state index contributed by atoms with van der Waals surface area (Å²) in [5, 5.41) is 2.95. The monoisotopic (exact) mass is 517 g/mol. The van der Waals surface area contributed by atoms with Crippen LogP contribution in [0, 0.1) is 0 Å². The van der Waals surface area contributed by atoms with Crippen LogP contribution in [0.2, 0.25) is 0 Å². The minimum atomic E-state index is -3.63. The van der Waals surface area contributed by atoms with E-state index in [1.807, 2.05) is 31.2 Å². The maximum absolute atomic E-state index is 13.4. The molecule has 2 aromatic carbocycles. The van der Waals surface area contributed by atoms with E-state index in [9.17, 15) is 18.0 Å². The van der Waals surface area contributed by atoms with Gasteiger partial charge in [0.15, 0.2) is 0 Å². The maximum atomic E-state index is 13.4. The lowest BCUT2D eigenvalue weighted by Gasteiger charge is -2.31. The molecule has 8 nitrogen and oxygen atoms in total. The molecule has 1 atom stereocenters. The highest BCUT2D eigenvalue weighted by atomic mass is 32.2. The van der Waals surface area contributed by atoms with Crippen LogP contribution >= 0.6 is 0 Å². The van der Waals surface area contributed by atoms with Crippen LogP contribution in [-0.2, 0) is 26.2 Å². The Bertz CT molecular complexity index is 1060. The van der Waals surface area contributed by atoms with Crippen molar-refractivity contribution in [3.8, 4) is 5.75 Å². The molecule has 0 fully saturated rings. The van der Waals surface area contributed by atoms with E-state index in [0.29, 0.717) is 25.1 Å². The van der Waals surface area contributed by atoms with Gasteiger partial charge in [-0.2, -0.15) is 0 Å². The Morgan fingerprint density at radius 3 is 2.25 bits per heavy atom. The van der Waals surface area contributed by atoms with Crippen LogP contribution in [0.3, 0.4) is 0 Å². The van der Waals surface area contributed by atoms with E-state index in [-0.39, 0.29) is 36.2 Å². The first kappa shape index (κ1) is 29.3. The fourth-order valence-corrected chi connectivity index (χ4v) is 5.07. The van der Waals surface area contributed by atoms with Crippen LogP contribution in [0.5, 0.6) is 5.75 Å². The normalized spacial score (nSPS) is 12.2. The number of carbonyl (C=O) groups excluding carboxylic acids is 2. The zero-order chi connectivity index (χ0) is 26.6. The second-order valence-corrected chi connectivity index (χ2v) is 10.7. The molecule has 0 bridgehead atoms. The van der Waals surface area contributed by atoms with E-state index in [1.165, 1.54) is 11.4 Å². The van der Waals surface area contributed by atoms with Gasteiger partial charge in [-0.25, -0.2) is 12.7 Å². The maximum Gasteiger partial charge on any atom is 0.242 e. The molecule has 1 N–H and O–H groups in total. The summed E-state index contributed by atoms with van der Waals surface area (Å²) in [5.74, 6) is 0.356. The Kier molecular flexibility index (Phi) is 11.9. The molecule has 0 saturated heterocycles. The minimum Gasteiger partial charge on any atom is -0.497 e. The van der Waals surface area contributed by atoms with Gasteiger partial charge in [0.25, 0.3) is 0 Å². The van der Waals surface area contributed by atoms with Gasteiger partial charge < -0.3 is 15.0 Å². The van der Waals surface area contributed by atoms with E-state index in [0.717, 1.165) is 18.4 Å². The molecule has 0 aliphatic heterocycles. The summed E-state index contributed by atoms with van der Waals surface area (Å²) in [5.41, 5.74) is 0.882. The second-order valence-electron chi connectivity index (χ2n) is 8.68. The van der Waals surface area contributed by atoms with Crippen LogP contribution in [0.1, 0.15) is 51.5 Å². The smallest absolute Gasteiger partial charge is 0.242 e. The highest BCUT2D eigenvalue weighted by Gasteiger charge is 2.28. The Labute approximate surface area is 215 Å². The first-order valence-electron chi connectivity index (χ1n) is 12.5. The van der Waals surface area contributed by atoms with Crippen molar-refractivity contribution in [2.75, 3.05) is 27.2 Å². The molecule has 2 amide bonds. The van der Waals surface area contributed by atoms with E-state index in [2.05, 4.69) is 12.2 Å². The van der Waals surface area contributed by atoms with Gasteiger partial charge >= 0.3 is 0 Å². The average Bonchev–Trinajstić information content (AvgIpc) is 2.89. The fraction of sp³-hybridized carbons (Fsp3) is 0.481. The number of carbonyl (C=O) groups is 2. The lowest BCUT2D eigenvalue weighted by Crippen LogP contribution is -2.49. The molecule has 0 spiro atoms. The van der Waals surface area contributed by atoms with Crippen molar-refractivity contribution in [1.82, 2.24) is 14.5 Å². The van der Waals surface area contributed by atoms with Crippen LogP contribution in [0.4, 0.5) is 0 Å². The Hall–Kier alpha value is -2.91. The van der Waals surface area contributed by atoms with Crippen molar-refractivity contribution in [1.29, 1.82) is 0 Å². The topological polar surface area (TPSA) is 96.0 Å². The number of unbranched alkanes of at least 4 members (excludes halogenated alkanes) is 1. The first-order chi connectivity index (χ1) is 17.2. The van der Waals surface area contributed by atoms with Gasteiger partial charge in [0.05, 0.1) is 12.0 Å². The lowest BCUT2D eigenvalue weighted by atomic mass is 10.1. The number of ether oxygens (including phenoxy) is 1. The number of nitrogens with zero attached hydrogens (tertiary/aromatic N) is 2. The molecule has 2 rings (SSSR count). The van der Waals surface area contributed by atoms with Crippen molar-refractivity contribution < 1.29 is 22.7 Å². The van der Waals surface area contributed by atoms with Crippen molar-refractivity contribution in [3.05, 3.63) is 60.2 Å². The molecule has 2 aromatic rings. The van der Waals surface area contributed by atoms with Gasteiger partial charge in [-0.3, -0.25) is 9.59 Å². The summed E-state index contributed by atoms with van der Waals surface area (Å²) < 4.78 is 32.0. The SMILES string of the molecule is CCCCNC(=O)[C@H](CC)N(Cc1ccc(OC)cc1)C(=O)CCCN(C)S(=O)(=O)c1ccccc1. The molecule has 198 valence electrons. The molecular formula is C27H39N3O5S. The van der Waals surface area contributed by atoms with Gasteiger partial charge in [-0.05, 0) is 49.1 Å². The van der Waals surface area contributed by atoms with Crippen molar-refractivity contribution in [3.63, 3.8) is 0 Å². The third kappa shape index (κ3) is 8.34. The van der Waals surface area contributed by atoms with Gasteiger partial charge in [0.2, 0.25) is 21.8 Å². The Balaban J connectivity index is 2.11. The molecule has 9 heteroatoms. The van der Waals surface area contributed by atoms with E-state index < -0.39 is 16.1 Å². The van der Waals surface area contributed by atoms with Crippen molar-refractivity contribution in [2.24, 2.45) is 0 Å². The highest BCUT2D eigenvalue weighted by molar-refractivity contribution is 7.89. The number of methoxy groups -OCH3 is 1. The standard InChI is InChI=1S/C27H39N3O5S/c1-5-7-19-28-27(32)25(6-2)30(21-22-15-17-23(35-4)18-16-22)26(31)14-11-20-29(3)36(33,34)24-12-9-8-10-13-24/h8-10,12-13,15-18,25H,5-7,11,14,19-21H2,1-4H3,(H,28,32)/t25-/m0/s1. The number of hydrogen-bond acceptors (Lipinski definition) is 5. The molecule has 0 aliphatic rings. The van der Waals surface area contributed by atoms with Crippen molar-refractivity contribution in [2.45, 2.75) is 63.4 Å². The molecular weight excluding hydrogens is 478 g/mol. The van der Waals surface area contributed by atoms with Crippen molar-refractivity contribution >= 4 is 21.8 Å². The summed E-state index contributed by atoms with van der Waals surface area (Å²) >= 11 is 0. The quantitative estimate of drug-likeness (QED) is 0.363. The summed E-state index contributed by atoms with van der Waals surface area (Å²) in [6, 6.07) is 15.0. The van der Waals surface area contributed by atoms with Gasteiger partial charge in [0.1, 0.15) is 11.8 Å². The highest BCUT2D eigenvalue weighted by Crippen LogP contribution is 2.18. The number of hydrogen-bond donors (Lipinski definition) is 1. The number of nitrogens with one attached hydrogen (secondary N) is 1. The van der Waals surface area contributed by atoms with E-state index in [1.54, 1.807) is 42.3 Å². The number of amides is 2. The van der Waals surface area contributed by atoms with Gasteiger partial charge in [0, 0.05) is 33.1 Å². The van der Waals surface area contributed by atoms with Crippen LogP contribution < -0.4 is 10.1 Å². The average molecular weight is 518 g/mol. The zero-order valence-electron chi connectivity index (χ0n) is 21.8. The lowest BCUT2D eigenvalue weighted by molar-refractivity contribution is -0.141. The summed E-state index contributed by atoms with van der Waals surface area (Å²) in [6.45, 7) is 4.98. The van der Waals surface area contributed by atoms with Gasteiger partial charge in [-0.1, -0.05) is 50.6 Å². The molecule has 0 aliphatic carbocycles. The van der Waals surface area contributed by atoms with E-state index >= 15 is 0 Å². The second kappa shape index (κ2) is 14.6. The fourth-order valence-electron chi connectivity index (χ4n) is 3.84. The minimum absolute atomic E-state index is 0.129. The summed E-state index contributed by atoms with van der Waals surface area (Å²) in [4.78, 5) is 28.1. The van der Waals surface area contributed by atoms with Crippen LogP contribution in [0.15, 0.2) is 59.5 Å². The van der Waals surface area contributed by atoms with E-state index in [4.69, 9.17) is 4.74 Å². The largest absolute Gasteiger partial charge is 0.497 e. The van der Waals surface area contributed by atoms with Crippen LogP contribution in [-0.4, -0.2) is 62.7 Å². The molecule has 36 heavy (non-hydrogen) atoms. The molecule has 0 aromatic heterocycles. The molecule has 0 saturated carbocycles. The molecule has 0 heterocycles.